The van der Waals surface area contributed by atoms with Crippen molar-refractivity contribution < 1.29 is 18.0 Å². The number of carbonyl (C=O) groups is 1. The molecule has 1 aliphatic heterocycles. The number of alkyl halides is 3. The number of benzene rings is 1. The van der Waals surface area contributed by atoms with Gasteiger partial charge in [-0.3, -0.25) is 4.57 Å². The topological polar surface area (TPSA) is 37.6 Å². The van der Waals surface area contributed by atoms with E-state index in [2.05, 4.69) is 4.99 Å². The van der Waals surface area contributed by atoms with E-state index >= 15 is 0 Å². The third kappa shape index (κ3) is 3.31. The van der Waals surface area contributed by atoms with Crippen molar-refractivity contribution in [2.45, 2.75) is 19.5 Å². The molecule has 3 rings (SSSR count). The first-order valence-electron chi connectivity index (χ1n) is 7.05. The smallest absolute Gasteiger partial charge is 0.323 e. The zero-order valence-corrected chi connectivity index (χ0v) is 13.1. The molecule has 23 heavy (non-hydrogen) atoms. The van der Waals surface area contributed by atoms with E-state index in [1.165, 1.54) is 23.5 Å². The summed E-state index contributed by atoms with van der Waals surface area (Å²) in [5.41, 5.74) is -0.165. The molecule has 0 radical (unpaired) electrons. The van der Waals surface area contributed by atoms with Crippen LogP contribution >= 0.6 is 11.3 Å². The summed E-state index contributed by atoms with van der Waals surface area (Å²) >= 11 is 1.33. The van der Waals surface area contributed by atoms with E-state index in [4.69, 9.17) is 0 Å². The molecule has 1 fully saturated rings. The van der Waals surface area contributed by atoms with E-state index in [1.807, 2.05) is 6.92 Å². The molecular weight excluding hydrogens is 327 g/mol. The van der Waals surface area contributed by atoms with Gasteiger partial charge in [0.25, 0.3) is 0 Å². The Kier molecular flexibility index (Phi) is 4.01. The van der Waals surface area contributed by atoms with Crippen molar-refractivity contribution in [2.24, 2.45) is 4.99 Å². The molecule has 0 spiro atoms. The third-order valence-corrected chi connectivity index (χ3v) is 4.46. The molecule has 0 atom stereocenters. The van der Waals surface area contributed by atoms with E-state index in [0.29, 0.717) is 23.6 Å². The molecule has 2 heterocycles. The fraction of sp³-hybridized carbons (Fsp3) is 0.333. The number of likely N-dealkylation sites (tertiary alicyclic amines) is 1. The van der Waals surface area contributed by atoms with Gasteiger partial charge in [-0.25, -0.2) is 4.79 Å². The van der Waals surface area contributed by atoms with Gasteiger partial charge in [-0.1, -0.05) is 0 Å². The van der Waals surface area contributed by atoms with Gasteiger partial charge >= 0.3 is 12.2 Å². The molecule has 8 heteroatoms. The average molecular weight is 341 g/mol. The van der Waals surface area contributed by atoms with Crippen LogP contribution in [0.4, 0.5) is 18.0 Å². The highest BCUT2D eigenvalue weighted by Crippen LogP contribution is 2.29. The van der Waals surface area contributed by atoms with E-state index in [-0.39, 0.29) is 6.03 Å². The first-order valence-corrected chi connectivity index (χ1v) is 7.86. The van der Waals surface area contributed by atoms with Gasteiger partial charge < -0.3 is 4.90 Å². The fourth-order valence-electron chi connectivity index (χ4n) is 2.19. The van der Waals surface area contributed by atoms with E-state index < -0.39 is 11.7 Å². The maximum atomic E-state index is 12.6. The van der Waals surface area contributed by atoms with Crippen molar-refractivity contribution in [1.82, 2.24) is 9.47 Å². The molecule has 1 aromatic carbocycles. The van der Waals surface area contributed by atoms with Gasteiger partial charge in [0.1, 0.15) is 0 Å². The number of urea groups is 1. The van der Waals surface area contributed by atoms with Crippen LogP contribution in [0.1, 0.15) is 16.9 Å². The maximum Gasteiger partial charge on any atom is 0.416 e. The number of hydrogen-bond acceptors (Lipinski definition) is 2. The lowest BCUT2D eigenvalue weighted by Gasteiger charge is -2.28. The minimum atomic E-state index is -4.37. The zero-order chi connectivity index (χ0) is 16.6. The summed E-state index contributed by atoms with van der Waals surface area (Å²) in [4.78, 5) is 19.1. The summed E-state index contributed by atoms with van der Waals surface area (Å²) in [7, 11) is 0. The molecule has 0 aliphatic carbocycles. The predicted octanol–water partition coefficient (Wildman–Crippen LogP) is 3.59. The van der Waals surface area contributed by atoms with Crippen molar-refractivity contribution in [3.63, 3.8) is 0 Å². The Balaban J connectivity index is 1.97. The summed E-state index contributed by atoms with van der Waals surface area (Å²) in [5.74, 6) is 0. The van der Waals surface area contributed by atoms with Gasteiger partial charge in [0, 0.05) is 29.9 Å². The number of amides is 2. The third-order valence-electron chi connectivity index (χ3n) is 3.56. The molecule has 0 saturated carbocycles. The standard InChI is InChI=1S/C15H14F3N3OS/c1-10-9-21(12-5-3-11(4-6-12)15(16,17)18)14(23-10)19-13(22)20-7-2-8-20/h3-6,9H,2,7-8H2,1H3. The normalized spacial score (nSPS) is 15.7. The summed E-state index contributed by atoms with van der Waals surface area (Å²) in [6, 6.07) is 4.50. The van der Waals surface area contributed by atoms with Gasteiger partial charge in [-0.05, 0) is 37.6 Å². The van der Waals surface area contributed by atoms with Crippen molar-refractivity contribution in [3.8, 4) is 5.69 Å². The van der Waals surface area contributed by atoms with Crippen LogP contribution in [0.3, 0.4) is 0 Å². The number of halogens is 3. The number of hydrogen-bond donors (Lipinski definition) is 0. The molecule has 0 bridgehead atoms. The monoisotopic (exact) mass is 341 g/mol. The minimum Gasteiger partial charge on any atom is -0.323 e. The molecule has 0 N–H and O–H groups in total. The number of rotatable bonds is 1. The Morgan fingerprint density at radius 3 is 2.39 bits per heavy atom. The van der Waals surface area contributed by atoms with E-state index in [0.717, 1.165) is 23.4 Å². The number of nitrogens with zero attached hydrogens (tertiary/aromatic N) is 3. The Hall–Kier alpha value is -2.09. The Bertz CT molecular complexity index is 786. The number of aryl methyl sites for hydroxylation is 1. The van der Waals surface area contributed by atoms with Crippen molar-refractivity contribution >= 4 is 17.4 Å². The van der Waals surface area contributed by atoms with Gasteiger partial charge in [-0.2, -0.15) is 18.2 Å². The van der Waals surface area contributed by atoms with E-state index in [1.54, 1.807) is 15.7 Å². The van der Waals surface area contributed by atoms with Crippen LogP contribution in [0.25, 0.3) is 5.69 Å². The summed E-state index contributed by atoms with van der Waals surface area (Å²) in [6.07, 6.45) is -1.63. The van der Waals surface area contributed by atoms with Crippen molar-refractivity contribution in [1.29, 1.82) is 0 Å². The molecule has 4 nitrogen and oxygen atoms in total. The highest BCUT2D eigenvalue weighted by atomic mass is 32.1. The van der Waals surface area contributed by atoms with Crippen LogP contribution in [-0.2, 0) is 6.18 Å². The van der Waals surface area contributed by atoms with Gasteiger partial charge in [0.05, 0.1) is 5.56 Å². The van der Waals surface area contributed by atoms with Crippen LogP contribution in [-0.4, -0.2) is 28.6 Å². The second kappa shape index (κ2) is 5.84. The molecule has 0 unspecified atom stereocenters. The van der Waals surface area contributed by atoms with E-state index in [9.17, 15) is 18.0 Å². The summed E-state index contributed by atoms with van der Waals surface area (Å²) in [5, 5.41) is 0. The van der Waals surface area contributed by atoms with Crippen LogP contribution in [0.2, 0.25) is 0 Å². The summed E-state index contributed by atoms with van der Waals surface area (Å²) in [6.45, 7) is 3.26. The Labute approximate surface area is 134 Å². The molecule has 1 aromatic heterocycles. The molecule has 2 amide bonds. The maximum absolute atomic E-state index is 12.6. The fourth-order valence-corrected chi connectivity index (χ4v) is 3.02. The second-order valence-corrected chi connectivity index (χ2v) is 6.49. The number of carbonyl (C=O) groups excluding carboxylic acids is 1. The Morgan fingerprint density at radius 1 is 1.22 bits per heavy atom. The quantitative estimate of drug-likeness (QED) is 0.781. The van der Waals surface area contributed by atoms with Gasteiger partial charge in [0.2, 0.25) is 0 Å². The van der Waals surface area contributed by atoms with Gasteiger partial charge in [0.15, 0.2) is 4.80 Å². The lowest BCUT2D eigenvalue weighted by Crippen LogP contribution is -2.41. The molecule has 2 aromatic rings. The van der Waals surface area contributed by atoms with Crippen LogP contribution in [0.5, 0.6) is 0 Å². The Morgan fingerprint density at radius 2 is 1.87 bits per heavy atom. The van der Waals surface area contributed by atoms with Crippen LogP contribution in [0, 0.1) is 6.92 Å². The van der Waals surface area contributed by atoms with Crippen LogP contribution < -0.4 is 4.80 Å². The highest BCUT2D eigenvalue weighted by Gasteiger charge is 2.30. The van der Waals surface area contributed by atoms with Gasteiger partial charge in [-0.15, -0.1) is 11.3 Å². The first kappa shape index (κ1) is 15.8. The molecule has 122 valence electrons. The number of aromatic nitrogens is 1. The van der Waals surface area contributed by atoms with Crippen molar-refractivity contribution in [3.05, 3.63) is 45.7 Å². The highest BCUT2D eigenvalue weighted by molar-refractivity contribution is 7.09. The SMILES string of the molecule is Cc1cn(-c2ccc(C(F)(F)F)cc2)c(=NC(=O)N2CCC2)s1. The predicted molar refractivity (Wildman–Crippen MR) is 80.5 cm³/mol. The summed E-state index contributed by atoms with van der Waals surface area (Å²) < 4.78 is 39.6. The second-order valence-electron chi connectivity index (χ2n) is 5.27. The van der Waals surface area contributed by atoms with Crippen LogP contribution in [0.15, 0.2) is 35.5 Å². The number of thiazole rings is 1. The first-order chi connectivity index (χ1) is 10.8. The molecule has 1 saturated heterocycles. The average Bonchev–Trinajstić information content (AvgIpc) is 2.76. The lowest BCUT2D eigenvalue weighted by molar-refractivity contribution is -0.137. The van der Waals surface area contributed by atoms with Crippen molar-refractivity contribution in [2.75, 3.05) is 13.1 Å². The largest absolute Gasteiger partial charge is 0.416 e. The molecular formula is C15H14F3N3OS. The molecule has 1 aliphatic rings. The minimum absolute atomic E-state index is 0.307. The lowest BCUT2D eigenvalue weighted by atomic mass is 10.2. The zero-order valence-electron chi connectivity index (χ0n) is 12.3.